The molecule has 0 aliphatic heterocycles. The van der Waals surface area contributed by atoms with Crippen LogP contribution in [-0.4, -0.2) is 6.36 Å². The Morgan fingerprint density at radius 2 is 1.70 bits per heavy atom. The Morgan fingerprint density at radius 1 is 1.00 bits per heavy atom. The Morgan fingerprint density at radius 3 is 2.30 bits per heavy atom. The molecule has 0 aliphatic rings. The van der Waals surface area contributed by atoms with Crippen molar-refractivity contribution in [2.24, 2.45) is 0 Å². The van der Waals surface area contributed by atoms with Crippen LogP contribution in [0.4, 0.5) is 18.9 Å². The van der Waals surface area contributed by atoms with Crippen LogP contribution < -0.4 is 15.2 Å². The van der Waals surface area contributed by atoms with Crippen LogP contribution >= 0.6 is 0 Å². The normalized spacial score (nSPS) is 11.2. The van der Waals surface area contributed by atoms with Crippen LogP contribution in [0.5, 0.6) is 17.2 Å². The zero-order chi connectivity index (χ0) is 14.8. The minimum atomic E-state index is -4.75. The van der Waals surface area contributed by atoms with Crippen LogP contribution in [0.1, 0.15) is 5.56 Å². The van der Waals surface area contributed by atoms with Crippen molar-refractivity contribution in [1.29, 1.82) is 0 Å². The second-order valence-corrected chi connectivity index (χ2v) is 4.11. The van der Waals surface area contributed by atoms with Crippen molar-refractivity contribution in [2.75, 3.05) is 5.73 Å². The number of ether oxygens (including phenoxy) is 2. The summed E-state index contributed by atoms with van der Waals surface area (Å²) in [6, 6.07) is 10.8. The van der Waals surface area contributed by atoms with Crippen molar-refractivity contribution < 1.29 is 22.6 Å². The first-order valence-electron chi connectivity index (χ1n) is 5.74. The first kappa shape index (κ1) is 14.0. The predicted octanol–water partition coefficient (Wildman–Crippen LogP) is 4.27. The molecule has 0 heterocycles. The van der Waals surface area contributed by atoms with Gasteiger partial charge >= 0.3 is 6.36 Å². The number of hydrogen-bond acceptors (Lipinski definition) is 3. The molecule has 20 heavy (non-hydrogen) atoms. The molecule has 0 aliphatic carbocycles. The number of alkyl halides is 3. The van der Waals surface area contributed by atoms with Crippen molar-refractivity contribution in [3.05, 3.63) is 48.0 Å². The van der Waals surface area contributed by atoms with Crippen LogP contribution in [0.25, 0.3) is 0 Å². The molecule has 0 aromatic heterocycles. The van der Waals surface area contributed by atoms with Crippen molar-refractivity contribution in [3.8, 4) is 17.2 Å². The van der Waals surface area contributed by atoms with E-state index < -0.39 is 6.36 Å². The molecule has 2 N–H and O–H groups in total. The predicted molar refractivity (Wildman–Crippen MR) is 68.8 cm³/mol. The standard InChI is InChI=1S/C14H12F3NO2/c1-9-4-2-3-5-12(9)19-13-7-6-10(8-11(13)18)20-14(15,16)17/h2-8H,18H2,1H3. The number of para-hydroxylation sites is 1. The van der Waals surface area contributed by atoms with E-state index in [1.807, 2.05) is 19.1 Å². The van der Waals surface area contributed by atoms with Crippen LogP contribution in [0, 0.1) is 6.92 Å². The van der Waals surface area contributed by atoms with Crippen molar-refractivity contribution >= 4 is 5.69 Å². The molecule has 0 amide bonds. The number of anilines is 1. The highest BCUT2D eigenvalue weighted by Crippen LogP contribution is 2.33. The summed E-state index contributed by atoms with van der Waals surface area (Å²) in [4.78, 5) is 0. The van der Waals surface area contributed by atoms with Crippen molar-refractivity contribution in [2.45, 2.75) is 13.3 Å². The molecule has 2 aromatic carbocycles. The maximum absolute atomic E-state index is 12.1. The second-order valence-electron chi connectivity index (χ2n) is 4.11. The third kappa shape index (κ3) is 3.57. The summed E-state index contributed by atoms with van der Waals surface area (Å²) in [7, 11) is 0. The summed E-state index contributed by atoms with van der Waals surface area (Å²) >= 11 is 0. The lowest BCUT2D eigenvalue weighted by molar-refractivity contribution is -0.274. The van der Waals surface area contributed by atoms with Crippen molar-refractivity contribution in [1.82, 2.24) is 0 Å². The van der Waals surface area contributed by atoms with E-state index in [1.54, 1.807) is 12.1 Å². The number of benzene rings is 2. The molecule has 2 aromatic rings. The van der Waals surface area contributed by atoms with Gasteiger partial charge in [-0.3, -0.25) is 0 Å². The lowest BCUT2D eigenvalue weighted by Crippen LogP contribution is -2.17. The van der Waals surface area contributed by atoms with Gasteiger partial charge in [0, 0.05) is 6.07 Å². The van der Waals surface area contributed by atoms with Gasteiger partial charge in [-0.2, -0.15) is 0 Å². The molecular formula is C14H12F3NO2. The van der Waals surface area contributed by atoms with Crippen LogP contribution in [0.15, 0.2) is 42.5 Å². The Balaban J connectivity index is 2.20. The summed E-state index contributed by atoms with van der Waals surface area (Å²) in [6.07, 6.45) is -4.75. The number of nitrogen functional groups attached to an aromatic ring is 1. The fourth-order valence-corrected chi connectivity index (χ4v) is 1.61. The fraction of sp³-hybridized carbons (Fsp3) is 0.143. The molecule has 0 spiro atoms. The van der Waals surface area contributed by atoms with E-state index in [2.05, 4.69) is 4.74 Å². The highest BCUT2D eigenvalue weighted by atomic mass is 19.4. The van der Waals surface area contributed by atoms with Gasteiger partial charge in [0.2, 0.25) is 0 Å². The zero-order valence-electron chi connectivity index (χ0n) is 10.6. The average molecular weight is 283 g/mol. The number of nitrogens with two attached hydrogens (primary N) is 1. The van der Waals surface area contributed by atoms with Gasteiger partial charge in [-0.1, -0.05) is 18.2 Å². The molecule has 6 heteroatoms. The monoisotopic (exact) mass is 283 g/mol. The summed E-state index contributed by atoms with van der Waals surface area (Å²) in [5, 5.41) is 0. The molecule has 106 valence electrons. The van der Waals surface area contributed by atoms with Crippen molar-refractivity contribution in [3.63, 3.8) is 0 Å². The maximum Gasteiger partial charge on any atom is 0.573 e. The second kappa shape index (κ2) is 5.32. The van der Waals surface area contributed by atoms with Gasteiger partial charge < -0.3 is 15.2 Å². The molecule has 0 bridgehead atoms. The van der Waals surface area contributed by atoms with E-state index in [-0.39, 0.29) is 17.2 Å². The lowest BCUT2D eigenvalue weighted by Gasteiger charge is -2.13. The number of aryl methyl sites for hydroxylation is 1. The van der Waals surface area contributed by atoms with Crippen LogP contribution in [-0.2, 0) is 0 Å². The first-order chi connectivity index (χ1) is 9.35. The van der Waals surface area contributed by atoms with Gasteiger partial charge in [0.05, 0.1) is 5.69 Å². The number of hydrogen-bond donors (Lipinski definition) is 1. The molecule has 2 rings (SSSR count). The van der Waals surface area contributed by atoms with E-state index >= 15 is 0 Å². The average Bonchev–Trinajstić information content (AvgIpc) is 2.33. The highest BCUT2D eigenvalue weighted by Gasteiger charge is 2.31. The van der Waals surface area contributed by atoms with Gasteiger partial charge in [0.15, 0.2) is 5.75 Å². The molecule has 0 radical (unpaired) electrons. The summed E-state index contributed by atoms with van der Waals surface area (Å²) in [5.74, 6) is 0.477. The summed E-state index contributed by atoms with van der Waals surface area (Å²) in [5.41, 5.74) is 6.62. The Kier molecular flexibility index (Phi) is 3.74. The largest absolute Gasteiger partial charge is 0.573 e. The smallest absolute Gasteiger partial charge is 0.455 e. The number of rotatable bonds is 3. The topological polar surface area (TPSA) is 44.5 Å². The first-order valence-corrected chi connectivity index (χ1v) is 5.74. The van der Waals surface area contributed by atoms with E-state index in [4.69, 9.17) is 10.5 Å². The molecule has 0 unspecified atom stereocenters. The molecule has 0 saturated carbocycles. The van der Waals surface area contributed by atoms with Crippen LogP contribution in [0.2, 0.25) is 0 Å². The SMILES string of the molecule is Cc1ccccc1Oc1ccc(OC(F)(F)F)cc1N. The molecule has 0 fully saturated rings. The Hall–Kier alpha value is -2.37. The fourth-order valence-electron chi connectivity index (χ4n) is 1.61. The molecule has 0 atom stereocenters. The van der Waals surface area contributed by atoms with E-state index in [1.165, 1.54) is 6.07 Å². The lowest BCUT2D eigenvalue weighted by atomic mass is 10.2. The summed E-state index contributed by atoms with van der Waals surface area (Å²) < 4.78 is 45.6. The summed E-state index contributed by atoms with van der Waals surface area (Å²) in [6.45, 7) is 1.85. The Labute approximate surface area is 113 Å². The third-order valence-electron chi connectivity index (χ3n) is 2.53. The quantitative estimate of drug-likeness (QED) is 0.856. The van der Waals surface area contributed by atoms with Gasteiger partial charge in [-0.05, 0) is 30.7 Å². The third-order valence-corrected chi connectivity index (χ3v) is 2.53. The van der Waals surface area contributed by atoms with E-state index in [9.17, 15) is 13.2 Å². The van der Waals surface area contributed by atoms with E-state index in [0.29, 0.717) is 5.75 Å². The molecule has 0 saturated heterocycles. The van der Waals surface area contributed by atoms with Gasteiger partial charge in [0.25, 0.3) is 0 Å². The van der Waals surface area contributed by atoms with Crippen LogP contribution in [0.3, 0.4) is 0 Å². The highest BCUT2D eigenvalue weighted by molar-refractivity contribution is 5.57. The molecule has 3 nitrogen and oxygen atoms in total. The number of halogens is 3. The zero-order valence-corrected chi connectivity index (χ0v) is 10.6. The van der Waals surface area contributed by atoms with Gasteiger partial charge in [0.1, 0.15) is 11.5 Å². The van der Waals surface area contributed by atoms with Gasteiger partial charge in [-0.15, -0.1) is 13.2 Å². The minimum Gasteiger partial charge on any atom is -0.455 e. The molecular weight excluding hydrogens is 271 g/mol. The minimum absolute atomic E-state index is 0.0648. The van der Waals surface area contributed by atoms with E-state index in [0.717, 1.165) is 17.7 Å². The Bertz CT molecular complexity index is 612. The maximum atomic E-state index is 12.1. The van der Waals surface area contributed by atoms with Gasteiger partial charge in [-0.25, -0.2) is 0 Å².